The summed E-state index contributed by atoms with van der Waals surface area (Å²) >= 11 is 6.01. The first kappa shape index (κ1) is 17.8. The maximum absolute atomic E-state index is 12.6. The fourth-order valence-corrected chi connectivity index (χ4v) is 2.82. The predicted molar refractivity (Wildman–Crippen MR) is 107 cm³/mol. The van der Waals surface area contributed by atoms with Gasteiger partial charge in [-0.25, -0.2) is 4.98 Å². The number of rotatable bonds is 4. The van der Waals surface area contributed by atoms with Crippen LogP contribution in [0.25, 0.3) is 16.9 Å². The van der Waals surface area contributed by atoms with Gasteiger partial charge in [0, 0.05) is 23.0 Å². The van der Waals surface area contributed by atoms with Gasteiger partial charge in [-0.2, -0.15) is 9.90 Å². The van der Waals surface area contributed by atoms with E-state index in [-0.39, 0.29) is 11.6 Å². The van der Waals surface area contributed by atoms with Crippen LogP contribution in [0.1, 0.15) is 16.2 Å². The first-order chi connectivity index (χ1) is 13.6. The third-order valence-corrected chi connectivity index (χ3v) is 4.24. The standard InChI is InChI=1S/C20H15ClN6O/c1-13-19(26-27(25-13)16-6-4-5-15(21)11-16)20(28)24-18-9-8-14(12-23-18)17-7-2-3-10-22-17/h2-12H,1H3,(H,23,24,28). The van der Waals surface area contributed by atoms with Crippen LogP contribution in [0.3, 0.4) is 0 Å². The second-order valence-electron chi connectivity index (χ2n) is 6.00. The lowest BCUT2D eigenvalue weighted by Gasteiger charge is -2.04. The van der Waals surface area contributed by atoms with Crippen LogP contribution < -0.4 is 5.32 Å². The number of amides is 1. The lowest BCUT2D eigenvalue weighted by Crippen LogP contribution is -2.15. The van der Waals surface area contributed by atoms with Crippen LogP contribution in [0.4, 0.5) is 5.82 Å². The van der Waals surface area contributed by atoms with E-state index in [1.807, 2.05) is 30.3 Å². The van der Waals surface area contributed by atoms with E-state index >= 15 is 0 Å². The second kappa shape index (κ2) is 7.58. The molecule has 4 rings (SSSR count). The van der Waals surface area contributed by atoms with Crippen molar-refractivity contribution in [2.45, 2.75) is 6.92 Å². The minimum absolute atomic E-state index is 0.218. The van der Waals surface area contributed by atoms with E-state index in [1.165, 1.54) is 4.80 Å². The molecule has 1 amide bonds. The van der Waals surface area contributed by atoms with Crippen LogP contribution in [-0.2, 0) is 0 Å². The van der Waals surface area contributed by atoms with Gasteiger partial charge in [-0.15, -0.1) is 5.10 Å². The molecule has 0 bridgehead atoms. The number of pyridine rings is 2. The average molecular weight is 391 g/mol. The number of aromatic nitrogens is 5. The summed E-state index contributed by atoms with van der Waals surface area (Å²) in [6.45, 7) is 1.72. The molecule has 7 nitrogen and oxygen atoms in total. The average Bonchev–Trinajstić information content (AvgIpc) is 3.11. The molecule has 138 valence electrons. The van der Waals surface area contributed by atoms with Crippen molar-refractivity contribution in [2.75, 3.05) is 5.32 Å². The third kappa shape index (κ3) is 3.74. The van der Waals surface area contributed by atoms with Gasteiger partial charge in [0.25, 0.3) is 5.91 Å². The van der Waals surface area contributed by atoms with Gasteiger partial charge >= 0.3 is 0 Å². The molecular formula is C20H15ClN6O. The van der Waals surface area contributed by atoms with Crippen molar-refractivity contribution < 1.29 is 4.79 Å². The molecule has 0 radical (unpaired) electrons. The van der Waals surface area contributed by atoms with Gasteiger partial charge in [-0.05, 0) is 49.4 Å². The molecule has 0 spiro atoms. The van der Waals surface area contributed by atoms with Crippen molar-refractivity contribution in [1.82, 2.24) is 25.0 Å². The van der Waals surface area contributed by atoms with Crippen LogP contribution in [0, 0.1) is 6.92 Å². The number of nitrogens with one attached hydrogen (secondary N) is 1. The first-order valence-electron chi connectivity index (χ1n) is 8.49. The van der Waals surface area contributed by atoms with Gasteiger partial charge < -0.3 is 5.32 Å². The molecule has 0 aliphatic heterocycles. The molecule has 1 N–H and O–H groups in total. The topological polar surface area (TPSA) is 85.6 Å². The highest BCUT2D eigenvalue weighted by molar-refractivity contribution is 6.30. The molecule has 3 aromatic heterocycles. The third-order valence-electron chi connectivity index (χ3n) is 4.00. The quantitative estimate of drug-likeness (QED) is 0.570. The summed E-state index contributed by atoms with van der Waals surface area (Å²) in [5, 5.41) is 11.9. The molecule has 4 aromatic rings. The van der Waals surface area contributed by atoms with Crippen molar-refractivity contribution in [1.29, 1.82) is 0 Å². The smallest absolute Gasteiger partial charge is 0.279 e. The Balaban J connectivity index is 1.52. The second-order valence-corrected chi connectivity index (χ2v) is 6.44. The Morgan fingerprint density at radius 2 is 1.93 bits per heavy atom. The van der Waals surface area contributed by atoms with Gasteiger partial charge in [0.05, 0.1) is 17.1 Å². The fourth-order valence-electron chi connectivity index (χ4n) is 2.63. The van der Waals surface area contributed by atoms with E-state index in [4.69, 9.17) is 11.6 Å². The summed E-state index contributed by atoms with van der Waals surface area (Å²) in [7, 11) is 0. The van der Waals surface area contributed by atoms with Crippen molar-refractivity contribution in [3.8, 4) is 16.9 Å². The molecular weight excluding hydrogens is 376 g/mol. The number of hydrogen-bond donors (Lipinski definition) is 1. The molecule has 0 aliphatic rings. The van der Waals surface area contributed by atoms with E-state index in [1.54, 1.807) is 43.6 Å². The molecule has 3 heterocycles. The lowest BCUT2D eigenvalue weighted by atomic mass is 10.2. The maximum atomic E-state index is 12.6. The number of hydrogen-bond acceptors (Lipinski definition) is 5. The first-order valence-corrected chi connectivity index (χ1v) is 8.86. The van der Waals surface area contributed by atoms with E-state index in [0.29, 0.717) is 22.2 Å². The lowest BCUT2D eigenvalue weighted by molar-refractivity contribution is 0.102. The van der Waals surface area contributed by atoms with Crippen molar-refractivity contribution in [3.05, 3.63) is 83.4 Å². The van der Waals surface area contributed by atoms with Gasteiger partial charge in [0.1, 0.15) is 5.82 Å². The summed E-state index contributed by atoms with van der Waals surface area (Å²) in [6.07, 6.45) is 3.38. The van der Waals surface area contributed by atoms with Gasteiger partial charge in [-0.3, -0.25) is 9.78 Å². The number of carbonyl (C=O) groups is 1. The Kier molecular flexibility index (Phi) is 4.82. The Morgan fingerprint density at radius 1 is 1.04 bits per heavy atom. The van der Waals surface area contributed by atoms with Crippen LogP contribution in [-0.4, -0.2) is 30.9 Å². The summed E-state index contributed by atoms with van der Waals surface area (Å²) in [5.41, 5.74) is 3.07. The largest absolute Gasteiger partial charge is 0.305 e. The zero-order chi connectivity index (χ0) is 19.5. The number of nitrogens with zero attached hydrogens (tertiary/aromatic N) is 5. The minimum Gasteiger partial charge on any atom is -0.305 e. The van der Waals surface area contributed by atoms with Gasteiger partial charge in [0.2, 0.25) is 0 Å². The van der Waals surface area contributed by atoms with Gasteiger partial charge in [0.15, 0.2) is 5.69 Å². The predicted octanol–water partition coefficient (Wildman–Crippen LogP) is 3.94. The van der Waals surface area contributed by atoms with Crippen LogP contribution in [0.5, 0.6) is 0 Å². The summed E-state index contributed by atoms with van der Waals surface area (Å²) < 4.78 is 0. The maximum Gasteiger partial charge on any atom is 0.279 e. The summed E-state index contributed by atoms with van der Waals surface area (Å²) in [5.74, 6) is 0.0326. The van der Waals surface area contributed by atoms with Crippen molar-refractivity contribution in [3.63, 3.8) is 0 Å². The molecule has 0 atom stereocenters. The Hall–Kier alpha value is -3.58. The molecule has 1 aromatic carbocycles. The monoisotopic (exact) mass is 390 g/mol. The SMILES string of the molecule is Cc1nn(-c2cccc(Cl)c2)nc1C(=O)Nc1ccc(-c2ccccn2)cn1. The molecule has 0 fully saturated rings. The van der Waals surface area contributed by atoms with E-state index in [2.05, 4.69) is 25.5 Å². The van der Waals surface area contributed by atoms with Crippen molar-refractivity contribution >= 4 is 23.3 Å². The Bertz CT molecular complexity index is 1130. The minimum atomic E-state index is -0.385. The highest BCUT2D eigenvalue weighted by Crippen LogP contribution is 2.18. The zero-order valence-electron chi connectivity index (χ0n) is 14.9. The molecule has 0 aliphatic carbocycles. The molecule has 0 saturated carbocycles. The van der Waals surface area contributed by atoms with Crippen molar-refractivity contribution in [2.24, 2.45) is 0 Å². The number of carbonyl (C=O) groups excluding carboxylic acids is 1. The van der Waals surface area contributed by atoms with Gasteiger partial charge in [-0.1, -0.05) is 23.7 Å². The number of anilines is 1. The Labute approximate surface area is 166 Å². The van der Waals surface area contributed by atoms with Crippen LogP contribution in [0.15, 0.2) is 67.0 Å². The fraction of sp³-hybridized carbons (Fsp3) is 0.0500. The number of halogens is 1. The van der Waals surface area contributed by atoms with Crippen LogP contribution in [0.2, 0.25) is 5.02 Å². The molecule has 28 heavy (non-hydrogen) atoms. The zero-order valence-corrected chi connectivity index (χ0v) is 15.6. The molecule has 0 saturated heterocycles. The summed E-state index contributed by atoms with van der Waals surface area (Å²) in [6, 6.07) is 16.3. The van der Waals surface area contributed by atoms with E-state index < -0.39 is 0 Å². The highest BCUT2D eigenvalue weighted by atomic mass is 35.5. The molecule has 0 unspecified atom stereocenters. The summed E-state index contributed by atoms with van der Waals surface area (Å²) in [4.78, 5) is 22.5. The normalized spacial score (nSPS) is 10.6. The number of aryl methyl sites for hydroxylation is 1. The van der Waals surface area contributed by atoms with E-state index in [9.17, 15) is 4.79 Å². The Morgan fingerprint density at radius 3 is 2.64 bits per heavy atom. The molecule has 8 heteroatoms. The van der Waals surface area contributed by atoms with Crippen LogP contribution >= 0.6 is 11.6 Å². The van der Waals surface area contributed by atoms with E-state index in [0.717, 1.165) is 11.3 Å². The number of benzene rings is 1. The highest BCUT2D eigenvalue weighted by Gasteiger charge is 2.17.